The van der Waals surface area contributed by atoms with Crippen LogP contribution in [0.5, 0.6) is 0 Å². The van der Waals surface area contributed by atoms with Crippen molar-refractivity contribution in [2.75, 3.05) is 5.73 Å². The van der Waals surface area contributed by atoms with E-state index in [9.17, 15) is 0 Å². The van der Waals surface area contributed by atoms with Crippen molar-refractivity contribution in [3.8, 4) is 10.6 Å². The van der Waals surface area contributed by atoms with Crippen molar-refractivity contribution in [1.29, 1.82) is 0 Å². The Balaban J connectivity index is 2.26. The zero-order valence-corrected chi connectivity index (χ0v) is 11.9. The maximum absolute atomic E-state index is 5.63. The van der Waals surface area contributed by atoms with Crippen molar-refractivity contribution in [2.24, 2.45) is 0 Å². The molecule has 3 rings (SSSR count). The van der Waals surface area contributed by atoms with Gasteiger partial charge in [0.2, 0.25) is 5.95 Å². The van der Waals surface area contributed by atoms with E-state index < -0.39 is 0 Å². The molecule has 0 fully saturated rings. The summed E-state index contributed by atoms with van der Waals surface area (Å²) in [4.78, 5) is 4.21. The summed E-state index contributed by atoms with van der Waals surface area (Å²) in [5, 5.41) is 14.2. The third-order valence-corrected chi connectivity index (χ3v) is 3.95. The van der Waals surface area contributed by atoms with Gasteiger partial charge >= 0.3 is 0 Å². The molecule has 8 heteroatoms. The van der Waals surface area contributed by atoms with Gasteiger partial charge in [-0.05, 0) is 28.4 Å². The normalized spacial score (nSPS) is 11.2. The summed E-state index contributed by atoms with van der Waals surface area (Å²) in [6.07, 6.45) is 2.68. The molecule has 0 atom stereocenters. The highest BCUT2D eigenvalue weighted by Gasteiger charge is 2.13. The van der Waals surface area contributed by atoms with Crippen LogP contribution in [-0.2, 0) is 6.42 Å². The number of nitrogen functional groups attached to an aromatic ring is 1. The molecule has 0 saturated heterocycles. The molecular weight excluding hydrogens is 316 g/mol. The van der Waals surface area contributed by atoms with E-state index in [1.165, 1.54) is 0 Å². The summed E-state index contributed by atoms with van der Waals surface area (Å²) >= 11 is 4.99. The lowest BCUT2D eigenvalue weighted by molar-refractivity contribution is 0.960. The van der Waals surface area contributed by atoms with E-state index >= 15 is 0 Å². The number of hydrogen-bond donors (Lipinski definition) is 1. The Bertz CT molecular complexity index is 718. The van der Waals surface area contributed by atoms with E-state index in [1.54, 1.807) is 15.9 Å². The number of aromatic nitrogens is 5. The molecule has 3 heterocycles. The standard InChI is InChI=1S/C10H9BrN6S/c1-2-7-14-15-9(18-7)6-3-5(11)4-17-8(6)13-10(12)16-17/h3-4H,2H2,1H3,(H2,12,16). The lowest BCUT2D eigenvalue weighted by Gasteiger charge is -1.99. The molecule has 0 radical (unpaired) electrons. The first-order valence-electron chi connectivity index (χ1n) is 5.31. The van der Waals surface area contributed by atoms with Crippen LogP contribution in [-0.4, -0.2) is 24.8 Å². The quantitative estimate of drug-likeness (QED) is 0.781. The SMILES string of the molecule is CCc1nnc(-c2cc(Br)cn3nc(N)nc23)s1. The van der Waals surface area contributed by atoms with E-state index in [2.05, 4.69) is 43.1 Å². The summed E-state index contributed by atoms with van der Waals surface area (Å²) < 4.78 is 2.53. The third kappa shape index (κ3) is 1.87. The first kappa shape index (κ1) is 11.5. The highest BCUT2D eigenvalue weighted by molar-refractivity contribution is 9.10. The van der Waals surface area contributed by atoms with Crippen molar-refractivity contribution in [3.63, 3.8) is 0 Å². The van der Waals surface area contributed by atoms with Crippen LogP contribution < -0.4 is 5.73 Å². The molecular formula is C10H9BrN6S. The van der Waals surface area contributed by atoms with E-state index in [0.29, 0.717) is 5.65 Å². The van der Waals surface area contributed by atoms with Gasteiger partial charge in [0.15, 0.2) is 10.7 Å². The molecule has 0 saturated carbocycles. The Morgan fingerprint density at radius 2 is 2.28 bits per heavy atom. The van der Waals surface area contributed by atoms with E-state index in [1.807, 2.05) is 12.3 Å². The summed E-state index contributed by atoms with van der Waals surface area (Å²) in [5.41, 5.74) is 7.20. The fourth-order valence-electron chi connectivity index (χ4n) is 1.63. The van der Waals surface area contributed by atoms with Crippen molar-refractivity contribution < 1.29 is 0 Å². The van der Waals surface area contributed by atoms with Crippen LogP contribution in [0.25, 0.3) is 16.2 Å². The molecule has 0 aliphatic heterocycles. The molecule has 0 unspecified atom stereocenters. The number of hydrogen-bond acceptors (Lipinski definition) is 6. The van der Waals surface area contributed by atoms with Crippen molar-refractivity contribution >= 4 is 38.9 Å². The Morgan fingerprint density at radius 3 is 3.00 bits per heavy atom. The maximum atomic E-state index is 5.63. The van der Waals surface area contributed by atoms with Gasteiger partial charge in [-0.2, -0.15) is 4.98 Å². The first-order valence-corrected chi connectivity index (χ1v) is 6.92. The number of pyridine rings is 1. The molecule has 3 aromatic rings. The second-order valence-electron chi connectivity index (χ2n) is 3.66. The van der Waals surface area contributed by atoms with E-state index in [0.717, 1.165) is 26.5 Å². The Labute approximate surface area is 115 Å². The largest absolute Gasteiger partial charge is 0.366 e. The molecule has 2 N–H and O–H groups in total. The Hall–Kier alpha value is -1.54. The minimum absolute atomic E-state index is 0.245. The van der Waals surface area contributed by atoms with Crippen molar-refractivity contribution in [3.05, 3.63) is 21.7 Å². The van der Waals surface area contributed by atoms with Crippen LogP contribution in [0.3, 0.4) is 0 Å². The molecule has 92 valence electrons. The van der Waals surface area contributed by atoms with E-state index in [4.69, 9.17) is 5.73 Å². The average Bonchev–Trinajstić information content (AvgIpc) is 2.93. The van der Waals surface area contributed by atoms with Crippen molar-refractivity contribution in [2.45, 2.75) is 13.3 Å². The average molecular weight is 325 g/mol. The number of fused-ring (bicyclic) bond motifs is 1. The van der Waals surface area contributed by atoms with Crippen LogP contribution in [0.1, 0.15) is 11.9 Å². The third-order valence-electron chi connectivity index (χ3n) is 2.42. The van der Waals surface area contributed by atoms with Gasteiger partial charge in [0.25, 0.3) is 0 Å². The van der Waals surface area contributed by atoms with Crippen LogP contribution >= 0.6 is 27.3 Å². The Morgan fingerprint density at radius 1 is 1.44 bits per heavy atom. The smallest absolute Gasteiger partial charge is 0.240 e. The number of nitrogens with zero attached hydrogens (tertiary/aromatic N) is 5. The minimum atomic E-state index is 0.245. The van der Waals surface area contributed by atoms with Gasteiger partial charge in [-0.1, -0.05) is 18.3 Å². The van der Waals surface area contributed by atoms with Gasteiger partial charge in [0, 0.05) is 10.7 Å². The number of nitrogens with two attached hydrogens (primary N) is 1. The second-order valence-corrected chi connectivity index (χ2v) is 5.64. The summed E-state index contributed by atoms with van der Waals surface area (Å²) in [7, 11) is 0. The highest BCUT2D eigenvalue weighted by atomic mass is 79.9. The highest BCUT2D eigenvalue weighted by Crippen LogP contribution is 2.29. The van der Waals surface area contributed by atoms with Crippen molar-refractivity contribution in [1.82, 2.24) is 24.8 Å². The lowest BCUT2D eigenvalue weighted by Crippen LogP contribution is -1.91. The van der Waals surface area contributed by atoms with Crippen LogP contribution in [0.4, 0.5) is 5.95 Å². The molecule has 0 bridgehead atoms. The second kappa shape index (κ2) is 4.29. The fraction of sp³-hybridized carbons (Fsp3) is 0.200. The van der Waals surface area contributed by atoms with E-state index in [-0.39, 0.29) is 5.95 Å². The predicted molar refractivity (Wildman–Crippen MR) is 73.4 cm³/mol. The topological polar surface area (TPSA) is 82.0 Å². The van der Waals surface area contributed by atoms with Gasteiger partial charge in [0.05, 0.1) is 5.56 Å². The Kier molecular flexibility index (Phi) is 2.75. The molecule has 0 spiro atoms. The van der Waals surface area contributed by atoms with Gasteiger partial charge < -0.3 is 5.73 Å². The molecule has 0 amide bonds. The molecule has 0 aliphatic carbocycles. The molecule has 3 aromatic heterocycles. The predicted octanol–water partition coefficient (Wildman–Crippen LogP) is 2.15. The maximum Gasteiger partial charge on any atom is 0.240 e. The number of rotatable bonds is 2. The van der Waals surface area contributed by atoms with Gasteiger partial charge in [-0.3, -0.25) is 0 Å². The minimum Gasteiger partial charge on any atom is -0.366 e. The monoisotopic (exact) mass is 324 g/mol. The molecule has 18 heavy (non-hydrogen) atoms. The fourth-order valence-corrected chi connectivity index (χ4v) is 2.85. The lowest BCUT2D eigenvalue weighted by atomic mass is 10.3. The summed E-state index contributed by atoms with van der Waals surface area (Å²) in [6, 6.07) is 1.95. The first-order chi connectivity index (χ1) is 8.67. The molecule has 0 aromatic carbocycles. The zero-order chi connectivity index (χ0) is 12.7. The molecule has 6 nitrogen and oxygen atoms in total. The van der Waals surface area contributed by atoms with Gasteiger partial charge in [-0.25, -0.2) is 4.52 Å². The van der Waals surface area contributed by atoms with Gasteiger partial charge in [-0.15, -0.1) is 15.3 Å². The number of halogens is 1. The zero-order valence-electron chi connectivity index (χ0n) is 9.46. The molecule has 0 aliphatic rings. The summed E-state index contributed by atoms with van der Waals surface area (Å²) in [6.45, 7) is 2.05. The van der Waals surface area contributed by atoms with Crippen LogP contribution in [0, 0.1) is 0 Å². The van der Waals surface area contributed by atoms with Gasteiger partial charge in [0.1, 0.15) is 5.01 Å². The van der Waals surface area contributed by atoms with Crippen LogP contribution in [0.15, 0.2) is 16.7 Å². The summed E-state index contributed by atoms with van der Waals surface area (Å²) in [5.74, 6) is 0.245. The van der Waals surface area contributed by atoms with Crippen LogP contribution in [0.2, 0.25) is 0 Å². The number of aryl methyl sites for hydroxylation is 1. The number of anilines is 1.